The van der Waals surface area contributed by atoms with Crippen LogP contribution in [0, 0.1) is 5.92 Å². The average molecular weight is 214 g/mol. The van der Waals surface area contributed by atoms with Crippen molar-refractivity contribution in [2.45, 2.75) is 19.3 Å². The highest BCUT2D eigenvalue weighted by atomic mass is 16.3. The fraction of sp³-hybridized carbons (Fsp3) is 0.909. The monoisotopic (exact) mass is 214 g/mol. The first kappa shape index (κ1) is 12.5. The molecule has 0 aromatic rings. The number of hydrogen-bond donors (Lipinski definition) is 1. The molecule has 0 aromatic heterocycles. The molecule has 0 radical (unpaired) electrons. The Balaban J connectivity index is 2.32. The van der Waals surface area contributed by atoms with Gasteiger partial charge in [-0.2, -0.15) is 0 Å². The Labute approximate surface area is 91.9 Å². The third-order valence-electron chi connectivity index (χ3n) is 2.90. The Morgan fingerprint density at radius 2 is 2.27 bits per heavy atom. The molecule has 0 aliphatic carbocycles. The molecular weight excluding hydrogens is 192 g/mol. The van der Waals surface area contributed by atoms with Crippen LogP contribution in [0.2, 0.25) is 0 Å². The van der Waals surface area contributed by atoms with Crippen molar-refractivity contribution in [3.8, 4) is 0 Å². The van der Waals surface area contributed by atoms with Crippen LogP contribution in [0.1, 0.15) is 19.3 Å². The third-order valence-corrected chi connectivity index (χ3v) is 2.90. The highest BCUT2D eigenvalue weighted by molar-refractivity contribution is 5.76. The molecule has 1 rings (SSSR count). The zero-order chi connectivity index (χ0) is 11.3. The van der Waals surface area contributed by atoms with Gasteiger partial charge in [0.25, 0.3) is 0 Å². The number of carbonyl (C=O) groups excluding carboxylic acids is 1. The summed E-state index contributed by atoms with van der Waals surface area (Å²) in [5.41, 5.74) is 0. The van der Waals surface area contributed by atoms with Crippen LogP contribution < -0.4 is 0 Å². The first-order valence-corrected chi connectivity index (χ1v) is 5.67. The Hall–Kier alpha value is -0.610. The maximum absolute atomic E-state index is 11.8. The van der Waals surface area contributed by atoms with Gasteiger partial charge < -0.3 is 14.9 Å². The van der Waals surface area contributed by atoms with Gasteiger partial charge in [-0.1, -0.05) is 0 Å². The van der Waals surface area contributed by atoms with Gasteiger partial charge in [0.15, 0.2) is 0 Å². The fourth-order valence-electron chi connectivity index (χ4n) is 1.92. The molecule has 0 aromatic carbocycles. The third kappa shape index (κ3) is 4.18. The Morgan fingerprint density at radius 3 is 2.87 bits per heavy atom. The number of piperidine rings is 1. The van der Waals surface area contributed by atoms with Gasteiger partial charge in [0.05, 0.1) is 0 Å². The van der Waals surface area contributed by atoms with Gasteiger partial charge in [0.2, 0.25) is 5.91 Å². The second kappa shape index (κ2) is 6.08. The minimum Gasteiger partial charge on any atom is -0.396 e. The lowest BCUT2D eigenvalue weighted by Gasteiger charge is -2.32. The number of nitrogens with zero attached hydrogens (tertiary/aromatic N) is 2. The lowest BCUT2D eigenvalue weighted by molar-refractivity contribution is -0.133. The zero-order valence-corrected chi connectivity index (χ0v) is 9.78. The number of aliphatic hydroxyl groups is 1. The maximum Gasteiger partial charge on any atom is 0.223 e. The molecule has 1 saturated heterocycles. The molecule has 1 heterocycles. The van der Waals surface area contributed by atoms with E-state index in [4.69, 9.17) is 5.11 Å². The van der Waals surface area contributed by atoms with Gasteiger partial charge in [-0.05, 0) is 32.9 Å². The van der Waals surface area contributed by atoms with Gasteiger partial charge in [0, 0.05) is 32.7 Å². The van der Waals surface area contributed by atoms with Crippen molar-refractivity contribution in [1.82, 2.24) is 9.80 Å². The van der Waals surface area contributed by atoms with E-state index in [1.54, 1.807) is 0 Å². The Kier molecular flexibility index (Phi) is 5.05. The predicted octanol–water partition coefficient (Wildman–Crippen LogP) is 0.169. The van der Waals surface area contributed by atoms with Crippen molar-refractivity contribution in [2.75, 3.05) is 40.3 Å². The van der Waals surface area contributed by atoms with E-state index in [0.717, 1.165) is 32.5 Å². The summed E-state index contributed by atoms with van der Waals surface area (Å²) >= 11 is 0. The highest BCUT2D eigenvalue weighted by Gasteiger charge is 2.22. The maximum atomic E-state index is 11.8. The molecule has 4 nitrogen and oxygen atoms in total. The average Bonchev–Trinajstić information content (AvgIpc) is 2.26. The summed E-state index contributed by atoms with van der Waals surface area (Å²) in [5.74, 6) is 0.518. The first-order valence-electron chi connectivity index (χ1n) is 5.67. The molecule has 4 heteroatoms. The van der Waals surface area contributed by atoms with E-state index in [2.05, 4.69) is 0 Å². The molecule has 15 heavy (non-hydrogen) atoms. The summed E-state index contributed by atoms with van der Waals surface area (Å²) in [6, 6.07) is 0. The SMILES string of the molecule is CN(C)CCC(=O)N1CCCC(CO)C1. The molecule has 1 aliphatic heterocycles. The highest BCUT2D eigenvalue weighted by Crippen LogP contribution is 2.16. The van der Waals surface area contributed by atoms with Crippen LogP contribution >= 0.6 is 0 Å². The second-order valence-corrected chi connectivity index (χ2v) is 4.58. The molecule has 88 valence electrons. The number of amides is 1. The molecular formula is C11H22N2O2. The van der Waals surface area contributed by atoms with Gasteiger partial charge in [-0.3, -0.25) is 4.79 Å². The molecule has 1 aliphatic rings. The summed E-state index contributed by atoms with van der Waals surface area (Å²) in [6.07, 6.45) is 2.66. The molecule has 1 unspecified atom stereocenters. The zero-order valence-electron chi connectivity index (χ0n) is 9.78. The van der Waals surface area contributed by atoms with Crippen LogP contribution in [0.5, 0.6) is 0 Å². The molecule has 1 atom stereocenters. The minimum absolute atomic E-state index is 0.206. The van der Waals surface area contributed by atoms with E-state index in [1.165, 1.54) is 0 Å². The summed E-state index contributed by atoms with van der Waals surface area (Å²) < 4.78 is 0. The number of likely N-dealkylation sites (tertiary alicyclic amines) is 1. The summed E-state index contributed by atoms with van der Waals surface area (Å²) in [5, 5.41) is 9.06. The number of aliphatic hydroxyl groups excluding tert-OH is 1. The Morgan fingerprint density at radius 1 is 1.53 bits per heavy atom. The van der Waals surface area contributed by atoms with Crippen molar-refractivity contribution in [1.29, 1.82) is 0 Å². The topological polar surface area (TPSA) is 43.8 Å². The first-order chi connectivity index (χ1) is 7.13. The van der Waals surface area contributed by atoms with Gasteiger partial charge in [-0.25, -0.2) is 0 Å². The van der Waals surface area contributed by atoms with E-state index >= 15 is 0 Å². The second-order valence-electron chi connectivity index (χ2n) is 4.58. The van der Waals surface area contributed by atoms with Crippen LogP contribution in [0.4, 0.5) is 0 Å². The van der Waals surface area contributed by atoms with Gasteiger partial charge >= 0.3 is 0 Å². The van der Waals surface area contributed by atoms with Crippen LogP contribution in [0.15, 0.2) is 0 Å². The van der Waals surface area contributed by atoms with Gasteiger partial charge in [0.1, 0.15) is 0 Å². The van der Waals surface area contributed by atoms with E-state index < -0.39 is 0 Å². The van der Waals surface area contributed by atoms with Crippen molar-refractivity contribution < 1.29 is 9.90 Å². The largest absolute Gasteiger partial charge is 0.396 e. The molecule has 1 fully saturated rings. The molecule has 0 bridgehead atoms. The van der Waals surface area contributed by atoms with Crippen molar-refractivity contribution in [3.05, 3.63) is 0 Å². The quantitative estimate of drug-likeness (QED) is 0.725. The standard InChI is InChI=1S/C11H22N2O2/c1-12(2)7-5-11(15)13-6-3-4-10(8-13)9-14/h10,14H,3-9H2,1-2H3. The summed E-state index contributed by atoms with van der Waals surface area (Å²) in [7, 11) is 3.94. The molecule has 0 spiro atoms. The van der Waals surface area contributed by atoms with Crippen molar-refractivity contribution in [3.63, 3.8) is 0 Å². The van der Waals surface area contributed by atoms with Crippen molar-refractivity contribution in [2.24, 2.45) is 5.92 Å². The van der Waals surface area contributed by atoms with Crippen LogP contribution in [0.3, 0.4) is 0 Å². The minimum atomic E-state index is 0.206. The summed E-state index contributed by atoms with van der Waals surface area (Å²) in [6.45, 7) is 2.61. The Bertz CT molecular complexity index is 207. The summed E-state index contributed by atoms with van der Waals surface area (Å²) in [4.78, 5) is 15.7. The van der Waals surface area contributed by atoms with E-state index in [9.17, 15) is 4.79 Å². The lowest BCUT2D eigenvalue weighted by atomic mass is 9.99. The van der Waals surface area contributed by atoms with E-state index in [-0.39, 0.29) is 12.5 Å². The molecule has 1 amide bonds. The van der Waals surface area contributed by atoms with Crippen LogP contribution in [-0.2, 0) is 4.79 Å². The van der Waals surface area contributed by atoms with Crippen molar-refractivity contribution >= 4 is 5.91 Å². The number of hydrogen-bond acceptors (Lipinski definition) is 3. The van der Waals surface area contributed by atoms with Crippen LogP contribution in [0.25, 0.3) is 0 Å². The van der Waals surface area contributed by atoms with E-state index in [0.29, 0.717) is 12.3 Å². The van der Waals surface area contributed by atoms with E-state index in [1.807, 2.05) is 23.9 Å². The predicted molar refractivity (Wildman–Crippen MR) is 59.6 cm³/mol. The van der Waals surface area contributed by atoms with Crippen LogP contribution in [-0.4, -0.2) is 61.2 Å². The van der Waals surface area contributed by atoms with Gasteiger partial charge in [-0.15, -0.1) is 0 Å². The molecule has 0 saturated carbocycles. The lowest BCUT2D eigenvalue weighted by Crippen LogP contribution is -2.41. The molecule has 1 N–H and O–H groups in total. The number of rotatable bonds is 4. The fourth-order valence-corrected chi connectivity index (χ4v) is 1.92. The smallest absolute Gasteiger partial charge is 0.223 e. The normalized spacial score (nSPS) is 22.1. The number of carbonyl (C=O) groups is 1.